The number of aliphatic imine (C=N–C) groups is 1. The fourth-order valence-electron chi connectivity index (χ4n) is 0.217. The molecule has 0 fully saturated rings. The molecule has 1 aliphatic heterocycles. The Hall–Kier alpha value is -0.860. The van der Waals surface area contributed by atoms with Crippen molar-refractivity contribution in [1.29, 1.82) is 0 Å². The minimum Gasteiger partial charge on any atom is -0.240 e. The van der Waals surface area contributed by atoms with Crippen molar-refractivity contribution in [3.63, 3.8) is 0 Å². The number of halogens is 1. The summed E-state index contributed by atoms with van der Waals surface area (Å²) in [6.45, 7) is 0. The van der Waals surface area contributed by atoms with Gasteiger partial charge in [0, 0.05) is 0 Å². The standard InChI is InChI=1S/C3H2FN2/c4-3-1-5-2-6-3/h1-2H. The Morgan fingerprint density at radius 3 is 2.67 bits per heavy atom. The monoisotopic (exact) mass is 85.0 g/mol. The van der Waals surface area contributed by atoms with Crippen LogP contribution in [-0.2, 0) is 0 Å². The molecule has 0 aliphatic carbocycles. The van der Waals surface area contributed by atoms with Crippen molar-refractivity contribution in [3.8, 4) is 0 Å². The third-order valence-electron chi connectivity index (χ3n) is 0.429. The van der Waals surface area contributed by atoms with E-state index in [1.165, 1.54) is 0 Å². The molecule has 0 aromatic carbocycles. The summed E-state index contributed by atoms with van der Waals surface area (Å²) in [5.41, 5.74) is 0. The second-order valence-corrected chi connectivity index (χ2v) is 0.845. The molecule has 31 valence electrons. The first-order chi connectivity index (χ1) is 2.89. The lowest BCUT2D eigenvalue weighted by Gasteiger charge is -1.72. The zero-order valence-electron chi connectivity index (χ0n) is 2.93. The minimum atomic E-state index is -0.519. The molecule has 1 radical (unpaired) electrons. The first-order valence-electron chi connectivity index (χ1n) is 1.48. The molecule has 0 amide bonds. The maximum atomic E-state index is 11.5. The van der Waals surface area contributed by atoms with Crippen LogP contribution in [0.2, 0.25) is 0 Å². The van der Waals surface area contributed by atoms with Crippen molar-refractivity contribution in [2.24, 2.45) is 4.99 Å². The Morgan fingerprint density at radius 1 is 1.67 bits per heavy atom. The number of hydrogen-bond acceptors (Lipinski definition) is 1. The van der Waals surface area contributed by atoms with Crippen LogP contribution in [0.4, 0.5) is 4.39 Å². The summed E-state index contributed by atoms with van der Waals surface area (Å²) >= 11 is 0. The highest BCUT2D eigenvalue weighted by atomic mass is 19.1. The Morgan fingerprint density at radius 2 is 2.50 bits per heavy atom. The summed E-state index contributed by atoms with van der Waals surface area (Å²) in [5.74, 6) is -0.519. The summed E-state index contributed by atoms with van der Waals surface area (Å²) < 4.78 is 11.5. The molecule has 2 nitrogen and oxygen atoms in total. The molecule has 0 unspecified atom stereocenters. The van der Waals surface area contributed by atoms with Gasteiger partial charge in [0.1, 0.15) is 6.34 Å². The van der Waals surface area contributed by atoms with Gasteiger partial charge in [-0.15, -0.1) is 0 Å². The van der Waals surface area contributed by atoms with Crippen molar-refractivity contribution in [2.75, 3.05) is 0 Å². The molecule has 3 heteroatoms. The maximum Gasteiger partial charge on any atom is 0.232 e. The van der Waals surface area contributed by atoms with Gasteiger partial charge in [0.2, 0.25) is 5.95 Å². The molecule has 0 aromatic heterocycles. The molecular formula is C3H2FN2. The minimum absolute atomic E-state index is 0.519. The Kier molecular flexibility index (Phi) is 0.602. The van der Waals surface area contributed by atoms with E-state index in [1.807, 2.05) is 0 Å². The highest BCUT2D eigenvalue weighted by molar-refractivity contribution is 5.60. The molecule has 1 heterocycles. The normalized spacial score (nSPS) is 17.2. The van der Waals surface area contributed by atoms with E-state index in [1.54, 1.807) is 0 Å². The van der Waals surface area contributed by atoms with Crippen molar-refractivity contribution in [2.45, 2.75) is 0 Å². The van der Waals surface area contributed by atoms with Gasteiger partial charge in [-0.3, -0.25) is 0 Å². The molecule has 6 heavy (non-hydrogen) atoms. The van der Waals surface area contributed by atoms with Crippen LogP contribution in [0.5, 0.6) is 0 Å². The van der Waals surface area contributed by atoms with E-state index in [0.29, 0.717) is 0 Å². The summed E-state index contributed by atoms with van der Waals surface area (Å²) in [4.78, 5) is 3.34. The van der Waals surface area contributed by atoms with Crippen LogP contribution >= 0.6 is 0 Å². The molecule has 0 saturated carbocycles. The molecule has 0 bridgehead atoms. The topological polar surface area (TPSA) is 26.5 Å². The maximum absolute atomic E-state index is 11.5. The van der Waals surface area contributed by atoms with Gasteiger partial charge in [-0.25, -0.2) is 10.3 Å². The van der Waals surface area contributed by atoms with Crippen molar-refractivity contribution < 1.29 is 4.39 Å². The van der Waals surface area contributed by atoms with E-state index >= 15 is 0 Å². The molecular weight excluding hydrogens is 83.0 g/mol. The van der Waals surface area contributed by atoms with Gasteiger partial charge in [-0.1, -0.05) is 0 Å². The predicted molar refractivity (Wildman–Crippen MR) is 19.8 cm³/mol. The number of hydrogen-bond donors (Lipinski definition) is 0. The first kappa shape index (κ1) is 3.33. The first-order valence-corrected chi connectivity index (χ1v) is 1.48. The second kappa shape index (κ2) is 1.08. The van der Waals surface area contributed by atoms with Gasteiger partial charge in [-0.05, 0) is 0 Å². The fraction of sp³-hybridized carbons (Fsp3) is 0. The van der Waals surface area contributed by atoms with Crippen molar-refractivity contribution in [1.82, 2.24) is 5.32 Å². The molecule has 0 N–H and O–H groups in total. The lowest BCUT2D eigenvalue weighted by molar-refractivity contribution is 0.600. The van der Waals surface area contributed by atoms with Crippen LogP contribution in [0.3, 0.4) is 0 Å². The predicted octanol–water partition coefficient (Wildman–Crippen LogP) is 0.401. The second-order valence-electron chi connectivity index (χ2n) is 0.845. The molecule has 0 atom stereocenters. The van der Waals surface area contributed by atoms with Crippen LogP contribution in [-0.4, -0.2) is 6.34 Å². The summed E-state index contributed by atoms with van der Waals surface area (Å²) in [5, 5.41) is 3.14. The van der Waals surface area contributed by atoms with Gasteiger partial charge in [0.25, 0.3) is 0 Å². The highest BCUT2D eigenvalue weighted by Crippen LogP contribution is 1.94. The van der Waals surface area contributed by atoms with Gasteiger partial charge in [0.05, 0.1) is 6.20 Å². The average Bonchev–Trinajstić information content (AvgIpc) is 1.86. The van der Waals surface area contributed by atoms with Crippen LogP contribution in [0.25, 0.3) is 0 Å². The molecule has 0 aromatic rings. The third kappa shape index (κ3) is 0.381. The largest absolute Gasteiger partial charge is 0.240 e. The Balaban J connectivity index is 2.61. The molecule has 1 rings (SSSR count). The van der Waals surface area contributed by atoms with E-state index in [-0.39, 0.29) is 0 Å². The van der Waals surface area contributed by atoms with Gasteiger partial charge in [-0.2, -0.15) is 4.39 Å². The smallest absolute Gasteiger partial charge is 0.232 e. The SMILES string of the molecule is FC1=CN=C[N]1. The van der Waals surface area contributed by atoms with Crippen LogP contribution in [0.15, 0.2) is 17.1 Å². The summed E-state index contributed by atoms with van der Waals surface area (Å²) in [6, 6.07) is 0. The van der Waals surface area contributed by atoms with E-state index in [4.69, 9.17) is 0 Å². The molecule has 0 spiro atoms. The third-order valence-corrected chi connectivity index (χ3v) is 0.429. The van der Waals surface area contributed by atoms with Crippen LogP contribution in [0, 0.1) is 0 Å². The zero-order chi connectivity index (χ0) is 4.41. The van der Waals surface area contributed by atoms with E-state index < -0.39 is 5.95 Å². The van der Waals surface area contributed by atoms with Crippen LogP contribution in [0.1, 0.15) is 0 Å². The van der Waals surface area contributed by atoms with E-state index in [9.17, 15) is 4.39 Å². The zero-order valence-corrected chi connectivity index (χ0v) is 2.93. The van der Waals surface area contributed by atoms with Crippen molar-refractivity contribution >= 4 is 6.34 Å². The highest BCUT2D eigenvalue weighted by Gasteiger charge is 1.93. The fourth-order valence-corrected chi connectivity index (χ4v) is 0.217. The molecule has 1 aliphatic rings. The summed E-state index contributed by atoms with van der Waals surface area (Å²) in [6.07, 6.45) is 2.22. The lowest BCUT2D eigenvalue weighted by atomic mass is 10.9. The Bertz CT molecular complexity index is 105. The van der Waals surface area contributed by atoms with E-state index in [0.717, 1.165) is 12.5 Å². The Labute approximate surface area is 34.4 Å². The average molecular weight is 85.1 g/mol. The number of rotatable bonds is 0. The summed E-state index contributed by atoms with van der Waals surface area (Å²) in [7, 11) is 0. The van der Waals surface area contributed by atoms with Gasteiger partial charge >= 0.3 is 0 Å². The van der Waals surface area contributed by atoms with Crippen LogP contribution < -0.4 is 5.32 Å². The molecule has 0 saturated heterocycles. The van der Waals surface area contributed by atoms with Crippen molar-refractivity contribution in [3.05, 3.63) is 12.2 Å². The van der Waals surface area contributed by atoms with Gasteiger partial charge < -0.3 is 0 Å². The quantitative estimate of drug-likeness (QED) is 0.381. The van der Waals surface area contributed by atoms with Gasteiger partial charge in [0.15, 0.2) is 0 Å². The lowest BCUT2D eigenvalue weighted by Crippen LogP contribution is -1.88. The number of nitrogens with zero attached hydrogens (tertiary/aromatic N) is 2. The van der Waals surface area contributed by atoms with E-state index in [2.05, 4.69) is 10.3 Å².